The van der Waals surface area contributed by atoms with Crippen molar-refractivity contribution >= 4 is 0 Å². The van der Waals surface area contributed by atoms with Gasteiger partial charge in [0.05, 0.1) is 6.10 Å². The van der Waals surface area contributed by atoms with Crippen molar-refractivity contribution in [2.45, 2.75) is 31.3 Å². The van der Waals surface area contributed by atoms with Gasteiger partial charge in [0.15, 0.2) is 0 Å². The minimum Gasteiger partial charge on any atom is -0.393 e. The molecule has 1 saturated carbocycles. The number of aliphatic hydroxyl groups is 1. The van der Waals surface area contributed by atoms with Gasteiger partial charge in [-0.15, -0.1) is 0 Å². The molecule has 0 bridgehead atoms. The maximum absolute atomic E-state index is 9.27. The van der Waals surface area contributed by atoms with Crippen LogP contribution in [0.15, 0.2) is 30.7 Å². The molecule has 2 aromatic heterocycles. The van der Waals surface area contributed by atoms with Crippen LogP contribution in [-0.2, 0) is 6.42 Å². The van der Waals surface area contributed by atoms with Crippen molar-refractivity contribution in [1.82, 2.24) is 15.0 Å². The zero-order valence-electron chi connectivity index (χ0n) is 9.50. The van der Waals surface area contributed by atoms with Gasteiger partial charge in [-0.1, -0.05) is 0 Å². The maximum Gasteiger partial charge on any atom is 0.109 e. The van der Waals surface area contributed by atoms with Crippen molar-refractivity contribution in [3.05, 3.63) is 47.8 Å². The van der Waals surface area contributed by atoms with Gasteiger partial charge in [-0.25, -0.2) is 4.98 Å². The number of aromatic amines is 1. The molecule has 1 aliphatic carbocycles. The summed E-state index contributed by atoms with van der Waals surface area (Å²) in [6.07, 6.45) is 7.88. The number of aromatic nitrogens is 3. The number of imidazole rings is 1. The molecule has 1 fully saturated rings. The van der Waals surface area contributed by atoms with E-state index < -0.39 is 0 Å². The van der Waals surface area contributed by atoms with Crippen molar-refractivity contribution in [3.8, 4) is 0 Å². The molecular formula is C13H15N3O. The Kier molecular flexibility index (Phi) is 2.65. The second-order valence-corrected chi connectivity index (χ2v) is 4.65. The molecule has 0 unspecified atom stereocenters. The third kappa shape index (κ3) is 2.22. The van der Waals surface area contributed by atoms with Gasteiger partial charge in [-0.05, 0) is 30.5 Å². The minimum atomic E-state index is -0.131. The summed E-state index contributed by atoms with van der Waals surface area (Å²) >= 11 is 0. The molecular weight excluding hydrogens is 214 g/mol. The second kappa shape index (κ2) is 4.30. The number of aliphatic hydroxyl groups excluding tert-OH is 1. The van der Waals surface area contributed by atoms with E-state index in [2.05, 4.69) is 15.0 Å². The molecule has 0 radical (unpaired) electrons. The van der Waals surface area contributed by atoms with Crippen LogP contribution < -0.4 is 0 Å². The standard InChI is InChI=1S/C13H15N3O/c17-12-6-10(7-12)13-15-8-11(16-13)5-9-1-3-14-4-2-9/h1-4,8,10,12,17H,5-7H2,(H,15,16). The van der Waals surface area contributed by atoms with Gasteiger partial charge in [0.2, 0.25) is 0 Å². The molecule has 0 atom stereocenters. The Morgan fingerprint density at radius 2 is 2.06 bits per heavy atom. The van der Waals surface area contributed by atoms with Gasteiger partial charge >= 0.3 is 0 Å². The first-order chi connectivity index (χ1) is 8.31. The Balaban J connectivity index is 1.69. The molecule has 0 aliphatic heterocycles. The van der Waals surface area contributed by atoms with E-state index in [1.54, 1.807) is 12.4 Å². The number of nitrogens with one attached hydrogen (secondary N) is 1. The Bertz CT molecular complexity index is 488. The van der Waals surface area contributed by atoms with Crippen molar-refractivity contribution in [2.24, 2.45) is 0 Å². The Hall–Kier alpha value is -1.68. The molecule has 0 saturated heterocycles. The Morgan fingerprint density at radius 3 is 2.76 bits per heavy atom. The molecule has 2 heterocycles. The number of pyridine rings is 1. The highest BCUT2D eigenvalue weighted by atomic mass is 16.3. The van der Waals surface area contributed by atoms with Crippen molar-refractivity contribution in [2.75, 3.05) is 0 Å². The van der Waals surface area contributed by atoms with Crippen molar-refractivity contribution in [3.63, 3.8) is 0 Å². The quantitative estimate of drug-likeness (QED) is 0.841. The van der Waals surface area contributed by atoms with Gasteiger partial charge in [-0.2, -0.15) is 0 Å². The fourth-order valence-electron chi connectivity index (χ4n) is 2.21. The molecule has 4 heteroatoms. The van der Waals surface area contributed by atoms with Crippen LogP contribution in [0.1, 0.15) is 35.8 Å². The fourth-order valence-corrected chi connectivity index (χ4v) is 2.21. The van der Waals surface area contributed by atoms with Gasteiger partial charge < -0.3 is 10.1 Å². The SMILES string of the molecule is OC1CC(c2ncc(Cc3ccncc3)[nH]2)C1. The number of hydrogen-bond acceptors (Lipinski definition) is 3. The summed E-state index contributed by atoms with van der Waals surface area (Å²) in [7, 11) is 0. The monoisotopic (exact) mass is 229 g/mol. The summed E-state index contributed by atoms with van der Waals surface area (Å²) in [6, 6.07) is 4.02. The normalized spacial score (nSPS) is 23.4. The highest BCUT2D eigenvalue weighted by Crippen LogP contribution is 2.34. The summed E-state index contributed by atoms with van der Waals surface area (Å²) in [5.74, 6) is 1.43. The third-order valence-corrected chi connectivity index (χ3v) is 3.29. The molecule has 0 spiro atoms. The largest absolute Gasteiger partial charge is 0.393 e. The number of rotatable bonds is 3. The van der Waals surface area contributed by atoms with Crippen LogP contribution >= 0.6 is 0 Å². The van der Waals surface area contributed by atoms with Gasteiger partial charge in [0, 0.05) is 36.6 Å². The van der Waals surface area contributed by atoms with E-state index in [-0.39, 0.29) is 6.10 Å². The molecule has 17 heavy (non-hydrogen) atoms. The first-order valence-corrected chi connectivity index (χ1v) is 5.92. The van der Waals surface area contributed by atoms with Crippen molar-refractivity contribution < 1.29 is 5.11 Å². The molecule has 2 aromatic rings. The predicted molar refractivity (Wildman–Crippen MR) is 63.6 cm³/mol. The van der Waals surface area contributed by atoms with E-state index in [1.165, 1.54) is 5.56 Å². The third-order valence-electron chi connectivity index (χ3n) is 3.29. The minimum absolute atomic E-state index is 0.131. The van der Waals surface area contributed by atoms with E-state index in [0.29, 0.717) is 5.92 Å². The molecule has 2 N–H and O–H groups in total. The lowest BCUT2D eigenvalue weighted by Gasteiger charge is -2.29. The predicted octanol–water partition coefficient (Wildman–Crippen LogP) is 1.63. The van der Waals surface area contributed by atoms with Gasteiger partial charge in [-0.3, -0.25) is 4.98 Å². The van der Waals surface area contributed by atoms with Crippen LogP contribution in [0.2, 0.25) is 0 Å². The molecule has 0 aromatic carbocycles. The summed E-state index contributed by atoms with van der Waals surface area (Å²) in [6.45, 7) is 0. The Morgan fingerprint density at radius 1 is 1.29 bits per heavy atom. The molecule has 0 amide bonds. The first kappa shape index (κ1) is 10.5. The van der Waals surface area contributed by atoms with Crippen LogP contribution in [0.3, 0.4) is 0 Å². The maximum atomic E-state index is 9.27. The molecule has 88 valence electrons. The zero-order chi connectivity index (χ0) is 11.7. The Labute approximate surface area is 99.8 Å². The van der Waals surface area contributed by atoms with E-state index >= 15 is 0 Å². The van der Waals surface area contributed by atoms with E-state index in [1.807, 2.05) is 18.3 Å². The zero-order valence-corrected chi connectivity index (χ0v) is 9.50. The average molecular weight is 229 g/mol. The first-order valence-electron chi connectivity index (χ1n) is 5.92. The highest BCUT2D eigenvalue weighted by molar-refractivity contribution is 5.19. The fraction of sp³-hybridized carbons (Fsp3) is 0.385. The number of H-pyrrole nitrogens is 1. The second-order valence-electron chi connectivity index (χ2n) is 4.65. The van der Waals surface area contributed by atoms with Crippen LogP contribution in [0.4, 0.5) is 0 Å². The van der Waals surface area contributed by atoms with Gasteiger partial charge in [0.1, 0.15) is 5.82 Å². The van der Waals surface area contributed by atoms with Crippen LogP contribution in [-0.4, -0.2) is 26.2 Å². The highest BCUT2D eigenvalue weighted by Gasteiger charge is 2.30. The summed E-state index contributed by atoms with van der Waals surface area (Å²) < 4.78 is 0. The lowest BCUT2D eigenvalue weighted by molar-refractivity contribution is 0.0719. The van der Waals surface area contributed by atoms with E-state index in [0.717, 1.165) is 30.8 Å². The topological polar surface area (TPSA) is 61.8 Å². The van der Waals surface area contributed by atoms with E-state index in [9.17, 15) is 5.11 Å². The van der Waals surface area contributed by atoms with Gasteiger partial charge in [0.25, 0.3) is 0 Å². The lowest BCUT2D eigenvalue weighted by atomic mass is 9.82. The van der Waals surface area contributed by atoms with Crippen LogP contribution in [0.5, 0.6) is 0 Å². The van der Waals surface area contributed by atoms with Crippen molar-refractivity contribution in [1.29, 1.82) is 0 Å². The van der Waals surface area contributed by atoms with Crippen LogP contribution in [0.25, 0.3) is 0 Å². The number of hydrogen-bond donors (Lipinski definition) is 2. The lowest BCUT2D eigenvalue weighted by Crippen LogP contribution is -2.27. The van der Waals surface area contributed by atoms with Crippen LogP contribution in [0, 0.1) is 0 Å². The molecule has 4 nitrogen and oxygen atoms in total. The van der Waals surface area contributed by atoms with E-state index in [4.69, 9.17) is 0 Å². The summed E-state index contributed by atoms with van der Waals surface area (Å²) in [5, 5.41) is 9.27. The molecule has 3 rings (SSSR count). The average Bonchev–Trinajstić information content (AvgIpc) is 2.74. The number of nitrogens with zero attached hydrogens (tertiary/aromatic N) is 2. The smallest absolute Gasteiger partial charge is 0.109 e. The molecule has 1 aliphatic rings. The summed E-state index contributed by atoms with van der Waals surface area (Å²) in [4.78, 5) is 11.7. The summed E-state index contributed by atoms with van der Waals surface area (Å²) in [5.41, 5.74) is 2.34.